The Labute approximate surface area is 151 Å². The molecule has 0 saturated carbocycles. The largest absolute Gasteiger partial charge is 0.355 e. The first-order valence-corrected chi connectivity index (χ1v) is 8.80. The second-order valence-electron chi connectivity index (χ2n) is 6.45. The summed E-state index contributed by atoms with van der Waals surface area (Å²) in [7, 11) is 0. The van der Waals surface area contributed by atoms with E-state index in [1.54, 1.807) is 23.1 Å². The van der Waals surface area contributed by atoms with Crippen molar-refractivity contribution < 1.29 is 9.59 Å². The fourth-order valence-electron chi connectivity index (χ4n) is 3.22. The Kier molecular flexibility index (Phi) is 5.62. The van der Waals surface area contributed by atoms with E-state index in [4.69, 9.17) is 5.73 Å². The zero-order chi connectivity index (χ0) is 18.5. The summed E-state index contributed by atoms with van der Waals surface area (Å²) >= 11 is 0. The Morgan fingerprint density at radius 3 is 2.92 bits per heavy atom. The van der Waals surface area contributed by atoms with Gasteiger partial charge in [0.15, 0.2) is 0 Å². The van der Waals surface area contributed by atoms with Gasteiger partial charge in [-0.05, 0) is 25.0 Å². The van der Waals surface area contributed by atoms with Crippen LogP contribution >= 0.6 is 0 Å². The highest BCUT2D eigenvalue weighted by Gasteiger charge is 2.28. The Morgan fingerprint density at radius 2 is 2.12 bits per heavy atom. The van der Waals surface area contributed by atoms with Crippen LogP contribution in [-0.4, -0.2) is 52.4 Å². The molecule has 3 rings (SSSR count). The summed E-state index contributed by atoms with van der Waals surface area (Å²) in [4.78, 5) is 43.1. The summed E-state index contributed by atoms with van der Waals surface area (Å²) in [5.41, 5.74) is 5.77. The summed E-state index contributed by atoms with van der Waals surface area (Å²) in [6.07, 6.45) is 2.91. The van der Waals surface area contributed by atoms with Crippen LogP contribution in [0.5, 0.6) is 0 Å². The molecule has 0 spiro atoms. The molecule has 1 aliphatic heterocycles. The molecule has 2 heterocycles. The van der Waals surface area contributed by atoms with Gasteiger partial charge in [0.1, 0.15) is 6.54 Å². The number of nitrogens with zero attached hydrogens (tertiary/aromatic N) is 3. The van der Waals surface area contributed by atoms with E-state index in [-0.39, 0.29) is 29.8 Å². The normalized spacial score (nSPS) is 17.3. The van der Waals surface area contributed by atoms with Crippen LogP contribution in [0.25, 0.3) is 10.9 Å². The number of nitrogens with two attached hydrogens (primary N) is 1. The predicted octanol–water partition coefficient (Wildman–Crippen LogP) is -0.290. The lowest BCUT2D eigenvalue weighted by Crippen LogP contribution is -2.47. The van der Waals surface area contributed by atoms with Gasteiger partial charge in [0.2, 0.25) is 11.8 Å². The minimum absolute atomic E-state index is 0.0718. The number of carbonyl (C=O) groups is 2. The number of rotatable bonds is 5. The molecule has 1 aromatic carbocycles. The molecule has 8 heteroatoms. The molecule has 2 aromatic rings. The van der Waals surface area contributed by atoms with Crippen LogP contribution in [0.2, 0.25) is 0 Å². The zero-order valence-electron chi connectivity index (χ0n) is 14.6. The summed E-state index contributed by atoms with van der Waals surface area (Å²) in [5.74, 6) is -0.483. The summed E-state index contributed by atoms with van der Waals surface area (Å²) < 4.78 is 1.32. The predicted molar refractivity (Wildman–Crippen MR) is 97.4 cm³/mol. The van der Waals surface area contributed by atoms with Crippen LogP contribution in [0.15, 0.2) is 35.4 Å². The molecule has 2 amide bonds. The van der Waals surface area contributed by atoms with Gasteiger partial charge in [0, 0.05) is 26.2 Å². The van der Waals surface area contributed by atoms with Crippen molar-refractivity contribution in [2.75, 3.05) is 26.2 Å². The zero-order valence-corrected chi connectivity index (χ0v) is 14.6. The van der Waals surface area contributed by atoms with Crippen LogP contribution in [0.4, 0.5) is 0 Å². The fraction of sp³-hybridized carbons (Fsp3) is 0.444. The molecule has 1 aliphatic rings. The number of para-hydroxylation sites is 1. The number of likely N-dealkylation sites (tertiary alicyclic amines) is 1. The molecule has 1 atom stereocenters. The highest BCUT2D eigenvalue weighted by molar-refractivity contribution is 5.82. The molecule has 0 bridgehead atoms. The fourth-order valence-corrected chi connectivity index (χ4v) is 3.22. The minimum Gasteiger partial charge on any atom is -0.355 e. The van der Waals surface area contributed by atoms with Crippen LogP contribution in [0.3, 0.4) is 0 Å². The molecule has 1 unspecified atom stereocenters. The molecule has 0 radical (unpaired) electrons. The van der Waals surface area contributed by atoms with Gasteiger partial charge in [-0.3, -0.25) is 19.0 Å². The molecule has 3 N–H and O–H groups in total. The number of hydrogen-bond acceptors (Lipinski definition) is 5. The SMILES string of the molecule is NCCNC(=O)C1CCCN(C(=O)Cn2cnc3ccccc3c2=O)C1. The lowest BCUT2D eigenvalue weighted by molar-refractivity contribution is -0.136. The maximum atomic E-state index is 12.6. The lowest BCUT2D eigenvalue weighted by atomic mass is 9.97. The third-order valence-corrected chi connectivity index (χ3v) is 4.63. The van der Waals surface area contributed by atoms with Crippen LogP contribution in [0, 0.1) is 5.92 Å². The molecule has 138 valence electrons. The Morgan fingerprint density at radius 1 is 1.31 bits per heavy atom. The van der Waals surface area contributed by atoms with Gasteiger partial charge in [-0.15, -0.1) is 0 Å². The minimum atomic E-state index is -0.238. The highest BCUT2D eigenvalue weighted by Crippen LogP contribution is 2.17. The van der Waals surface area contributed by atoms with Crippen molar-refractivity contribution in [3.63, 3.8) is 0 Å². The van der Waals surface area contributed by atoms with Crippen molar-refractivity contribution in [1.29, 1.82) is 0 Å². The Bertz CT molecular complexity index is 863. The smallest absolute Gasteiger partial charge is 0.261 e. The number of aromatic nitrogens is 2. The van der Waals surface area contributed by atoms with E-state index in [1.807, 2.05) is 6.07 Å². The Hall–Kier alpha value is -2.74. The lowest BCUT2D eigenvalue weighted by Gasteiger charge is -2.32. The van der Waals surface area contributed by atoms with Gasteiger partial charge >= 0.3 is 0 Å². The maximum absolute atomic E-state index is 12.6. The first-order chi connectivity index (χ1) is 12.6. The van der Waals surface area contributed by atoms with Gasteiger partial charge in [0.05, 0.1) is 23.1 Å². The standard InChI is InChI=1S/C18H23N5O3/c19-7-8-20-17(25)13-4-3-9-22(10-13)16(24)11-23-12-21-15-6-2-1-5-14(15)18(23)26/h1-2,5-6,12-13H,3-4,7-11,19H2,(H,20,25). The van der Waals surface area contributed by atoms with Crippen molar-refractivity contribution in [3.8, 4) is 0 Å². The third kappa shape index (κ3) is 3.91. The van der Waals surface area contributed by atoms with E-state index in [0.717, 1.165) is 12.8 Å². The van der Waals surface area contributed by atoms with Crippen LogP contribution in [0.1, 0.15) is 12.8 Å². The van der Waals surface area contributed by atoms with Gasteiger partial charge in [-0.1, -0.05) is 12.1 Å². The van der Waals surface area contributed by atoms with Crippen molar-refractivity contribution in [2.24, 2.45) is 11.7 Å². The van der Waals surface area contributed by atoms with E-state index in [0.29, 0.717) is 37.1 Å². The topological polar surface area (TPSA) is 110 Å². The molecular formula is C18H23N5O3. The van der Waals surface area contributed by atoms with Crippen molar-refractivity contribution >= 4 is 22.7 Å². The van der Waals surface area contributed by atoms with E-state index in [2.05, 4.69) is 10.3 Å². The van der Waals surface area contributed by atoms with Crippen molar-refractivity contribution in [1.82, 2.24) is 19.8 Å². The quantitative estimate of drug-likeness (QED) is 0.764. The van der Waals surface area contributed by atoms with Crippen LogP contribution in [-0.2, 0) is 16.1 Å². The van der Waals surface area contributed by atoms with Crippen LogP contribution < -0.4 is 16.6 Å². The number of hydrogen-bond donors (Lipinski definition) is 2. The second-order valence-corrected chi connectivity index (χ2v) is 6.45. The molecular weight excluding hydrogens is 334 g/mol. The van der Waals surface area contributed by atoms with E-state index in [9.17, 15) is 14.4 Å². The summed E-state index contributed by atoms with van der Waals surface area (Å²) in [5, 5.41) is 3.26. The Balaban J connectivity index is 1.69. The molecule has 1 aromatic heterocycles. The van der Waals surface area contributed by atoms with Gasteiger partial charge in [-0.2, -0.15) is 0 Å². The van der Waals surface area contributed by atoms with E-state index >= 15 is 0 Å². The number of amides is 2. The van der Waals surface area contributed by atoms with Gasteiger partial charge in [0.25, 0.3) is 5.56 Å². The first kappa shape index (κ1) is 18.1. The monoisotopic (exact) mass is 357 g/mol. The van der Waals surface area contributed by atoms with E-state index < -0.39 is 0 Å². The molecule has 0 aliphatic carbocycles. The molecule has 26 heavy (non-hydrogen) atoms. The molecule has 1 fully saturated rings. The number of carbonyl (C=O) groups excluding carboxylic acids is 2. The number of benzene rings is 1. The summed E-state index contributed by atoms with van der Waals surface area (Å²) in [6.45, 7) is 1.70. The van der Waals surface area contributed by atoms with Crippen molar-refractivity contribution in [2.45, 2.75) is 19.4 Å². The second kappa shape index (κ2) is 8.09. The molecule has 1 saturated heterocycles. The van der Waals surface area contributed by atoms with E-state index in [1.165, 1.54) is 10.9 Å². The molecule has 8 nitrogen and oxygen atoms in total. The van der Waals surface area contributed by atoms with Gasteiger partial charge < -0.3 is 16.0 Å². The number of fused-ring (bicyclic) bond motifs is 1. The third-order valence-electron chi connectivity index (χ3n) is 4.63. The summed E-state index contributed by atoms with van der Waals surface area (Å²) in [6, 6.07) is 7.04. The maximum Gasteiger partial charge on any atom is 0.261 e. The number of nitrogens with one attached hydrogen (secondary N) is 1. The first-order valence-electron chi connectivity index (χ1n) is 8.80. The average molecular weight is 357 g/mol. The highest BCUT2D eigenvalue weighted by atomic mass is 16.2. The van der Waals surface area contributed by atoms with Gasteiger partial charge in [-0.25, -0.2) is 4.98 Å². The average Bonchev–Trinajstić information content (AvgIpc) is 2.68. The van der Waals surface area contributed by atoms with Crippen molar-refractivity contribution in [3.05, 3.63) is 40.9 Å². The number of piperidine rings is 1.